The number of hydrogen-bond donors (Lipinski definition) is 1. The van der Waals surface area contributed by atoms with Crippen LogP contribution in [0, 0.1) is 10.1 Å². The van der Waals surface area contributed by atoms with Crippen molar-refractivity contribution in [3.05, 3.63) is 68.2 Å². The lowest BCUT2D eigenvalue weighted by molar-refractivity contribution is -0.384. The molecule has 0 unspecified atom stereocenters. The van der Waals surface area contributed by atoms with Gasteiger partial charge in [-0.3, -0.25) is 14.9 Å². The van der Waals surface area contributed by atoms with Gasteiger partial charge in [-0.05, 0) is 36.4 Å². The van der Waals surface area contributed by atoms with E-state index in [1.165, 1.54) is 18.2 Å². The van der Waals surface area contributed by atoms with E-state index in [4.69, 9.17) is 23.2 Å². The van der Waals surface area contributed by atoms with Gasteiger partial charge >= 0.3 is 0 Å². The zero-order valence-electron chi connectivity index (χ0n) is 11.8. The molecule has 0 aliphatic carbocycles. The summed E-state index contributed by atoms with van der Waals surface area (Å²) in [7, 11) is 0. The third-order valence-corrected chi connectivity index (χ3v) is 4.46. The molecule has 23 heavy (non-hydrogen) atoms. The Morgan fingerprint density at radius 3 is 2.52 bits per heavy atom. The number of thioether (sulfide) groups is 1. The second-order valence-electron chi connectivity index (χ2n) is 4.48. The number of carbonyl (C=O) groups is 1. The van der Waals surface area contributed by atoms with Gasteiger partial charge in [0.15, 0.2) is 0 Å². The van der Waals surface area contributed by atoms with Gasteiger partial charge in [-0.15, -0.1) is 11.8 Å². The number of benzene rings is 2. The Morgan fingerprint density at radius 1 is 1.17 bits per heavy atom. The second-order valence-corrected chi connectivity index (χ2v) is 6.49. The van der Waals surface area contributed by atoms with Gasteiger partial charge in [0.2, 0.25) is 0 Å². The molecule has 1 N–H and O–H groups in total. The molecule has 5 nitrogen and oxygen atoms in total. The zero-order valence-corrected chi connectivity index (χ0v) is 14.1. The highest BCUT2D eigenvalue weighted by Gasteiger charge is 2.15. The molecule has 2 aromatic rings. The van der Waals surface area contributed by atoms with Crippen LogP contribution in [-0.4, -0.2) is 23.1 Å². The summed E-state index contributed by atoms with van der Waals surface area (Å²) in [5.41, 5.74) is -0.0764. The minimum absolute atomic E-state index is 0.00449. The average molecular weight is 371 g/mol. The molecule has 120 valence electrons. The summed E-state index contributed by atoms with van der Waals surface area (Å²) in [5, 5.41) is 14.2. The van der Waals surface area contributed by atoms with E-state index in [1.807, 2.05) is 12.1 Å². The van der Waals surface area contributed by atoms with E-state index in [0.717, 1.165) is 4.90 Å². The number of nitro benzene ring substituents is 1. The SMILES string of the molecule is O=C(NCCSc1ccc(Cl)cc1)c1ccc(Cl)c([N+](=O)[O-])c1. The first-order valence-electron chi connectivity index (χ1n) is 6.58. The number of carbonyl (C=O) groups excluding carboxylic acids is 1. The van der Waals surface area contributed by atoms with Gasteiger partial charge in [-0.1, -0.05) is 23.2 Å². The summed E-state index contributed by atoms with van der Waals surface area (Å²) in [6, 6.07) is 11.4. The van der Waals surface area contributed by atoms with Gasteiger partial charge in [0, 0.05) is 33.8 Å². The third-order valence-electron chi connectivity index (χ3n) is 2.88. The van der Waals surface area contributed by atoms with Crippen molar-refractivity contribution in [2.75, 3.05) is 12.3 Å². The molecule has 0 bridgehead atoms. The first-order chi connectivity index (χ1) is 11.0. The number of hydrogen-bond acceptors (Lipinski definition) is 4. The Hall–Kier alpha value is -1.76. The molecule has 0 aliphatic rings. The molecule has 0 fully saturated rings. The van der Waals surface area contributed by atoms with Crippen LogP contribution in [0.3, 0.4) is 0 Å². The van der Waals surface area contributed by atoms with E-state index < -0.39 is 4.92 Å². The normalized spacial score (nSPS) is 10.3. The zero-order chi connectivity index (χ0) is 16.8. The van der Waals surface area contributed by atoms with Crippen molar-refractivity contribution < 1.29 is 9.72 Å². The minimum atomic E-state index is -0.616. The third kappa shape index (κ3) is 5.13. The largest absolute Gasteiger partial charge is 0.351 e. The molecule has 0 aromatic heterocycles. The molecule has 2 aromatic carbocycles. The van der Waals surface area contributed by atoms with E-state index in [-0.39, 0.29) is 22.2 Å². The van der Waals surface area contributed by atoms with Crippen molar-refractivity contribution in [2.24, 2.45) is 0 Å². The summed E-state index contributed by atoms with van der Waals surface area (Å²) in [4.78, 5) is 23.2. The lowest BCUT2D eigenvalue weighted by atomic mass is 10.2. The Balaban J connectivity index is 1.86. The maximum absolute atomic E-state index is 12.0. The second kappa shape index (κ2) is 8.19. The van der Waals surface area contributed by atoms with Gasteiger partial charge < -0.3 is 5.32 Å². The van der Waals surface area contributed by atoms with Crippen molar-refractivity contribution >= 4 is 46.6 Å². The monoisotopic (exact) mass is 370 g/mol. The minimum Gasteiger partial charge on any atom is -0.351 e. The fraction of sp³-hybridized carbons (Fsp3) is 0.133. The van der Waals surface area contributed by atoms with Gasteiger partial charge in [0.25, 0.3) is 11.6 Å². The Kier molecular flexibility index (Phi) is 6.27. The average Bonchev–Trinajstić information content (AvgIpc) is 2.53. The lowest BCUT2D eigenvalue weighted by Crippen LogP contribution is -2.25. The van der Waals surface area contributed by atoms with Crippen molar-refractivity contribution in [3.8, 4) is 0 Å². The van der Waals surface area contributed by atoms with Crippen LogP contribution in [0.5, 0.6) is 0 Å². The van der Waals surface area contributed by atoms with Crippen LogP contribution < -0.4 is 5.32 Å². The van der Waals surface area contributed by atoms with Crippen LogP contribution in [0.1, 0.15) is 10.4 Å². The fourth-order valence-electron chi connectivity index (χ4n) is 1.76. The molecule has 0 radical (unpaired) electrons. The van der Waals surface area contributed by atoms with Crippen LogP contribution in [-0.2, 0) is 0 Å². The van der Waals surface area contributed by atoms with Crippen molar-refractivity contribution in [1.82, 2.24) is 5.32 Å². The van der Waals surface area contributed by atoms with Gasteiger partial charge in [-0.25, -0.2) is 0 Å². The summed E-state index contributed by atoms with van der Waals surface area (Å²) >= 11 is 13.1. The molecule has 1 amide bonds. The highest BCUT2D eigenvalue weighted by Crippen LogP contribution is 2.25. The van der Waals surface area contributed by atoms with Crippen LogP contribution >= 0.6 is 35.0 Å². The van der Waals surface area contributed by atoms with E-state index in [9.17, 15) is 14.9 Å². The van der Waals surface area contributed by atoms with E-state index in [1.54, 1.807) is 23.9 Å². The number of nitro groups is 1. The number of halogens is 2. The molecule has 0 saturated heterocycles. The van der Waals surface area contributed by atoms with Crippen molar-refractivity contribution in [2.45, 2.75) is 4.90 Å². The molecular formula is C15H12Cl2N2O3S. The van der Waals surface area contributed by atoms with Crippen molar-refractivity contribution in [3.63, 3.8) is 0 Å². The molecule has 0 aliphatic heterocycles. The smallest absolute Gasteiger partial charge is 0.288 e. The fourth-order valence-corrected chi connectivity index (χ4v) is 2.84. The summed E-state index contributed by atoms with van der Waals surface area (Å²) in [6.07, 6.45) is 0. The van der Waals surface area contributed by atoms with Gasteiger partial charge in [-0.2, -0.15) is 0 Å². The standard InChI is InChI=1S/C15H12Cl2N2O3S/c16-11-2-4-12(5-3-11)23-8-7-18-15(20)10-1-6-13(17)14(9-10)19(21)22/h1-6,9H,7-8H2,(H,18,20). The molecule has 8 heteroatoms. The van der Waals surface area contributed by atoms with Crippen LogP contribution in [0.15, 0.2) is 47.4 Å². The van der Waals surface area contributed by atoms with E-state index in [2.05, 4.69) is 5.32 Å². The summed E-state index contributed by atoms with van der Waals surface area (Å²) < 4.78 is 0. The predicted molar refractivity (Wildman–Crippen MR) is 92.6 cm³/mol. The number of rotatable bonds is 6. The van der Waals surface area contributed by atoms with Crippen LogP contribution in [0.4, 0.5) is 5.69 Å². The Bertz CT molecular complexity index is 723. The lowest BCUT2D eigenvalue weighted by Gasteiger charge is -2.06. The van der Waals surface area contributed by atoms with Crippen molar-refractivity contribution in [1.29, 1.82) is 0 Å². The first kappa shape index (κ1) is 17.6. The molecule has 2 rings (SSSR count). The highest BCUT2D eigenvalue weighted by molar-refractivity contribution is 7.99. The maximum Gasteiger partial charge on any atom is 0.288 e. The Morgan fingerprint density at radius 2 is 1.87 bits per heavy atom. The number of nitrogens with zero attached hydrogens (tertiary/aromatic N) is 1. The maximum atomic E-state index is 12.0. The Labute approximate surface area is 147 Å². The number of amides is 1. The highest BCUT2D eigenvalue weighted by atomic mass is 35.5. The quantitative estimate of drug-likeness (QED) is 0.353. The summed E-state index contributed by atoms with van der Waals surface area (Å²) in [5.74, 6) is 0.296. The molecule has 0 atom stereocenters. The van der Waals surface area contributed by atoms with Crippen LogP contribution in [0.25, 0.3) is 0 Å². The van der Waals surface area contributed by atoms with Gasteiger partial charge in [0.05, 0.1) is 4.92 Å². The van der Waals surface area contributed by atoms with E-state index >= 15 is 0 Å². The number of nitrogens with one attached hydrogen (secondary N) is 1. The topological polar surface area (TPSA) is 72.2 Å². The molecule has 0 spiro atoms. The summed E-state index contributed by atoms with van der Waals surface area (Å²) in [6.45, 7) is 0.433. The van der Waals surface area contributed by atoms with Gasteiger partial charge in [0.1, 0.15) is 5.02 Å². The predicted octanol–water partition coefficient (Wildman–Crippen LogP) is 4.42. The molecule has 0 saturated carbocycles. The van der Waals surface area contributed by atoms with Crippen LogP contribution in [0.2, 0.25) is 10.0 Å². The molecular weight excluding hydrogens is 359 g/mol. The first-order valence-corrected chi connectivity index (χ1v) is 8.32. The molecule has 0 heterocycles. The van der Waals surface area contributed by atoms with E-state index in [0.29, 0.717) is 17.3 Å².